The first-order valence-electron chi connectivity index (χ1n) is 21.8. The Bertz CT molecular complexity index is 3140. The molecule has 0 atom stereocenters. The van der Waals surface area contributed by atoms with Gasteiger partial charge in [-0.3, -0.25) is 0 Å². The molecule has 0 spiro atoms. The van der Waals surface area contributed by atoms with Crippen LogP contribution in [0.3, 0.4) is 0 Å². The Morgan fingerprint density at radius 1 is 0.420 bits per heavy atom. The van der Waals surface area contributed by atoms with Gasteiger partial charge >= 0.3 is 0 Å². The van der Waals surface area contributed by atoms with Gasteiger partial charge in [0.2, 0.25) is 0 Å². The van der Waals surface area contributed by atoms with Crippen molar-refractivity contribution >= 4 is 50.8 Å². The second-order valence-corrected chi connectivity index (χ2v) is 15.3. The first kappa shape index (κ1) is 19.5. The molecule has 0 amide bonds. The van der Waals surface area contributed by atoms with E-state index in [0.717, 1.165) is 20.7 Å². The Hall–Kier alpha value is -6.43. The molecule has 0 unspecified atom stereocenters. The summed E-state index contributed by atoms with van der Waals surface area (Å²) in [7, 11) is -2.97. The maximum Gasteiger partial charge on any atom is 0.179 e. The number of hydrogen-bond donors (Lipinski definition) is 0. The number of rotatable bonds is 7. The summed E-state index contributed by atoms with van der Waals surface area (Å²) in [6.07, 6.45) is 0. The van der Waals surface area contributed by atoms with Gasteiger partial charge in [0.25, 0.3) is 0 Å². The molecule has 0 saturated carbocycles. The molecule has 0 saturated heterocycles. The van der Waals surface area contributed by atoms with Gasteiger partial charge in [0.15, 0.2) is 25.5 Å². The molecule has 2 aromatic heterocycles. The minimum atomic E-state index is -2.97. The van der Waals surface area contributed by atoms with Crippen molar-refractivity contribution in [3.63, 3.8) is 0 Å². The minimum Gasteiger partial charge on any atom is -0.456 e. The third kappa shape index (κ3) is 5.03. The number of fused-ring (bicyclic) bond motifs is 3. The molecule has 0 bridgehead atoms. The van der Waals surface area contributed by atoms with E-state index in [9.17, 15) is 0 Å². The Morgan fingerprint density at radius 2 is 0.920 bits per heavy atom. The molecular weight excluding hydrogens is 627 g/mol. The van der Waals surface area contributed by atoms with Crippen molar-refractivity contribution in [3.05, 3.63) is 188 Å². The van der Waals surface area contributed by atoms with Crippen LogP contribution in [-0.2, 0) is 0 Å². The largest absolute Gasteiger partial charge is 0.456 e. The van der Waals surface area contributed by atoms with Gasteiger partial charge in [0.1, 0.15) is 11.2 Å². The van der Waals surface area contributed by atoms with Crippen molar-refractivity contribution in [3.8, 4) is 34.2 Å². The van der Waals surface area contributed by atoms with Crippen LogP contribution in [-0.4, -0.2) is 23.0 Å². The van der Waals surface area contributed by atoms with Crippen LogP contribution < -0.4 is 20.7 Å². The lowest BCUT2D eigenvalue weighted by Crippen LogP contribution is -2.74. The molecule has 0 radical (unpaired) electrons. The fourth-order valence-corrected chi connectivity index (χ4v) is 11.3. The summed E-state index contributed by atoms with van der Waals surface area (Å²) in [6.45, 7) is 0. The third-order valence-electron chi connectivity index (χ3n) is 8.73. The second-order valence-electron chi connectivity index (χ2n) is 11.5. The lowest BCUT2D eigenvalue weighted by Gasteiger charge is -2.34. The molecule has 0 N–H and O–H groups in total. The maximum atomic E-state index is 9.17. The zero-order valence-electron chi connectivity index (χ0n) is 38.2. The Balaban J connectivity index is 1.35. The molecule has 5 heteroatoms. The molecule has 50 heavy (non-hydrogen) atoms. The van der Waals surface area contributed by atoms with Crippen LogP contribution in [0.15, 0.2) is 192 Å². The summed E-state index contributed by atoms with van der Waals surface area (Å²) in [5.41, 5.74) is -0.770. The van der Waals surface area contributed by atoms with Crippen LogP contribution in [0, 0.1) is 0 Å². The Kier molecular flexibility index (Phi) is 4.90. The van der Waals surface area contributed by atoms with Crippen molar-refractivity contribution in [1.29, 1.82) is 0 Å². The molecule has 0 aliphatic carbocycles. The van der Waals surface area contributed by atoms with E-state index in [1.807, 2.05) is 78.9 Å². The van der Waals surface area contributed by atoms with E-state index in [2.05, 4.69) is 46.4 Å². The van der Waals surface area contributed by atoms with Gasteiger partial charge in [-0.25, -0.2) is 15.0 Å². The van der Waals surface area contributed by atoms with Crippen LogP contribution in [0.1, 0.15) is 16.4 Å². The summed E-state index contributed by atoms with van der Waals surface area (Å²) < 4.78 is 109. The zero-order valence-corrected chi connectivity index (χ0v) is 27.2. The van der Waals surface area contributed by atoms with Crippen molar-refractivity contribution in [2.75, 3.05) is 0 Å². The SMILES string of the molecule is [2H]c1c([2H])c([2H])c(-c2nc(-c3ccc([Si](c4ccccc4)(c4ccccc4)c4ccccc4)cc3)nc(-c3c([2H])c([2H])c([2H])c4oc5c([2H])c([2H])c([2H])c([2H])c5c34)n2)c([2H])c1[2H]. The number of nitrogens with zero attached hydrogens (tertiary/aromatic N) is 3. The molecule has 0 aliphatic heterocycles. The molecular formula is C45H31N3OSi. The lowest BCUT2D eigenvalue weighted by molar-refractivity contribution is 0.669. The van der Waals surface area contributed by atoms with E-state index in [1.165, 1.54) is 0 Å². The van der Waals surface area contributed by atoms with E-state index >= 15 is 0 Å². The average Bonchev–Trinajstić information content (AvgIpc) is 3.70. The maximum absolute atomic E-state index is 9.17. The quantitative estimate of drug-likeness (QED) is 0.127. The molecule has 0 fully saturated rings. The first-order chi connectivity index (χ1) is 29.8. The minimum absolute atomic E-state index is 0.0292. The smallest absolute Gasteiger partial charge is 0.179 e. The lowest BCUT2D eigenvalue weighted by atomic mass is 10.1. The van der Waals surface area contributed by atoms with E-state index in [1.54, 1.807) is 0 Å². The van der Waals surface area contributed by atoms with Gasteiger partial charge in [0, 0.05) is 27.5 Å². The molecule has 4 nitrogen and oxygen atoms in total. The van der Waals surface area contributed by atoms with Gasteiger partial charge < -0.3 is 4.42 Å². The van der Waals surface area contributed by atoms with E-state index in [4.69, 9.17) is 25.9 Å². The summed E-state index contributed by atoms with van der Waals surface area (Å²) in [6, 6.07) is 31.4. The fourth-order valence-electron chi connectivity index (χ4n) is 6.55. The fraction of sp³-hybridized carbons (Fsp3) is 0. The second kappa shape index (κ2) is 12.5. The van der Waals surface area contributed by atoms with Crippen LogP contribution in [0.5, 0.6) is 0 Å². The Labute approximate surface area is 308 Å². The highest BCUT2D eigenvalue weighted by atomic mass is 28.3. The van der Waals surface area contributed by atoms with Crippen molar-refractivity contribution in [2.24, 2.45) is 0 Å². The highest BCUT2D eigenvalue weighted by molar-refractivity contribution is 7.19. The molecule has 2 heterocycles. The zero-order chi connectivity index (χ0) is 43.8. The van der Waals surface area contributed by atoms with Crippen molar-refractivity contribution in [1.82, 2.24) is 15.0 Å². The van der Waals surface area contributed by atoms with Gasteiger partial charge in [-0.1, -0.05) is 176 Å². The van der Waals surface area contributed by atoms with E-state index in [0.29, 0.717) is 5.56 Å². The molecule has 7 aromatic carbocycles. The molecule has 9 aromatic rings. The van der Waals surface area contributed by atoms with Crippen LogP contribution in [0.2, 0.25) is 0 Å². The molecule has 9 rings (SSSR count). The molecule has 236 valence electrons. The van der Waals surface area contributed by atoms with Crippen molar-refractivity contribution in [2.45, 2.75) is 0 Å². The normalized spacial score (nSPS) is 15.0. The summed E-state index contributed by atoms with van der Waals surface area (Å²) in [5, 5.41) is 4.14. The predicted octanol–water partition coefficient (Wildman–Crippen LogP) is 8.15. The summed E-state index contributed by atoms with van der Waals surface area (Å²) in [4.78, 5) is 14.1. The number of para-hydroxylation sites is 1. The van der Waals surface area contributed by atoms with Gasteiger partial charge in [-0.15, -0.1) is 0 Å². The predicted molar refractivity (Wildman–Crippen MR) is 207 cm³/mol. The standard InChI is InChI=1S/C45H31N3OSi/c1-5-16-32(17-6-1)43-46-44(48-45(47-43)39-25-15-27-41-42(39)38-24-13-14-26-40(38)49-41)33-28-30-37(31-29-33)50(34-18-7-2-8-19-34,35-20-9-3-10-21-35)36-22-11-4-12-23-36/h1-31H/i1D,5D,6D,13D,14D,15D,16D,17D,24D,25D,26D,27D. The highest BCUT2D eigenvalue weighted by Gasteiger charge is 2.41. The monoisotopic (exact) mass is 669 g/mol. The number of aromatic nitrogens is 3. The van der Waals surface area contributed by atoms with Gasteiger partial charge in [-0.2, -0.15) is 0 Å². The van der Waals surface area contributed by atoms with E-state index in [-0.39, 0.29) is 50.5 Å². The Morgan fingerprint density at radius 3 is 1.54 bits per heavy atom. The average molecular weight is 670 g/mol. The van der Waals surface area contributed by atoms with Gasteiger partial charge in [0.05, 0.1) is 16.4 Å². The summed E-state index contributed by atoms with van der Waals surface area (Å²) >= 11 is 0. The highest BCUT2D eigenvalue weighted by Crippen LogP contribution is 2.36. The van der Waals surface area contributed by atoms with Crippen LogP contribution in [0.4, 0.5) is 0 Å². The molecule has 0 aliphatic rings. The number of furan rings is 1. The third-order valence-corrected chi connectivity index (χ3v) is 13.5. The number of benzene rings is 7. The number of hydrogen-bond acceptors (Lipinski definition) is 4. The topological polar surface area (TPSA) is 51.8 Å². The van der Waals surface area contributed by atoms with Crippen LogP contribution in [0.25, 0.3) is 56.1 Å². The summed E-state index contributed by atoms with van der Waals surface area (Å²) in [5.74, 6) is -0.698. The van der Waals surface area contributed by atoms with Gasteiger partial charge in [-0.05, 0) is 32.8 Å². The van der Waals surface area contributed by atoms with E-state index < -0.39 is 80.6 Å². The van der Waals surface area contributed by atoms with Crippen molar-refractivity contribution < 1.29 is 20.9 Å². The van der Waals surface area contributed by atoms with Crippen LogP contribution >= 0.6 is 0 Å². The first-order valence-corrected chi connectivity index (χ1v) is 17.8.